The highest BCUT2D eigenvalue weighted by Crippen LogP contribution is 2.38. The number of benzene rings is 1. The van der Waals surface area contributed by atoms with Crippen LogP contribution < -0.4 is 14.8 Å². The summed E-state index contributed by atoms with van der Waals surface area (Å²) in [6.07, 6.45) is 1.18. The van der Waals surface area contributed by atoms with Crippen LogP contribution in [0.3, 0.4) is 0 Å². The van der Waals surface area contributed by atoms with E-state index in [4.69, 9.17) is 9.47 Å². The first-order valence-corrected chi connectivity index (χ1v) is 7.64. The van der Waals surface area contributed by atoms with Crippen LogP contribution in [0.15, 0.2) is 18.2 Å². The molecule has 4 heteroatoms. The molecule has 0 radical (unpaired) electrons. The summed E-state index contributed by atoms with van der Waals surface area (Å²) >= 11 is 0. The summed E-state index contributed by atoms with van der Waals surface area (Å²) in [7, 11) is 0. The second kappa shape index (κ2) is 6.02. The largest absolute Gasteiger partial charge is 0.454 e. The van der Waals surface area contributed by atoms with Gasteiger partial charge < -0.3 is 14.8 Å². The Morgan fingerprint density at radius 1 is 1.20 bits per heavy atom. The van der Waals surface area contributed by atoms with Crippen molar-refractivity contribution < 1.29 is 9.47 Å². The van der Waals surface area contributed by atoms with Gasteiger partial charge in [-0.15, -0.1) is 0 Å². The highest BCUT2D eigenvalue weighted by atomic mass is 16.7. The quantitative estimate of drug-likeness (QED) is 0.915. The zero-order chi connectivity index (χ0) is 13.9. The molecule has 2 aliphatic rings. The van der Waals surface area contributed by atoms with Gasteiger partial charge in [0.05, 0.1) is 0 Å². The van der Waals surface area contributed by atoms with Gasteiger partial charge in [-0.3, -0.25) is 4.90 Å². The van der Waals surface area contributed by atoms with Crippen LogP contribution in [0, 0.1) is 5.92 Å². The first kappa shape index (κ1) is 13.7. The molecule has 0 aliphatic carbocycles. The first-order valence-electron chi connectivity index (χ1n) is 7.64. The molecule has 1 fully saturated rings. The van der Waals surface area contributed by atoms with E-state index in [9.17, 15) is 0 Å². The lowest BCUT2D eigenvalue weighted by Gasteiger charge is -2.38. The fourth-order valence-corrected chi connectivity index (χ4v) is 3.18. The number of ether oxygens (including phenoxy) is 2. The molecular weight excluding hydrogens is 252 g/mol. The molecule has 0 bridgehead atoms. The lowest BCUT2D eigenvalue weighted by molar-refractivity contribution is 0.128. The second-order valence-electron chi connectivity index (χ2n) is 5.73. The monoisotopic (exact) mass is 276 g/mol. The van der Waals surface area contributed by atoms with E-state index >= 15 is 0 Å². The average molecular weight is 276 g/mol. The van der Waals surface area contributed by atoms with E-state index < -0.39 is 0 Å². The molecule has 0 aromatic heterocycles. The van der Waals surface area contributed by atoms with Crippen molar-refractivity contribution in [3.8, 4) is 11.5 Å². The molecule has 2 atom stereocenters. The minimum atomic E-state index is 0.348. The molecule has 1 aromatic rings. The van der Waals surface area contributed by atoms with Gasteiger partial charge >= 0.3 is 0 Å². The number of hydrogen-bond donors (Lipinski definition) is 1. The molecule has 3 rings (SSSR count). The van der Waals surface area contributed by atoms with E-state index in [1.54, 1.807) is 0 Å². The number of nitrogens with one attached hydrogen (secondary N) is 1. The van der Waals surface area contributed by atoms with E-state index in [-0.39, 0.29) is 0 Å². The molecule has 20 heavy (non-hydrogen) atoms. The molecule has 1 saturated heterocycles. The summed E-state index contributed by atoms with van der Waals surface area (Å²) in [6.45, 7) is 9.35. The van der Waals surface area contributed by atoms with Crippen LogP contribution >= 0.6 is 0 Å². The maximum Gasteiger partial charge on any atom is 0.231 e. The number of piperazine rings is 1. The van der Waals surface area contributed by atoms with Crippen LogP contribution in [0.1, 0.15) is 31.9 Å². The summed E-state index contributed by atoms with van der Waals surface area (Å²) in [5.41, 5.74) is 1.35. The smallest absolute Gasteiger partial charge is 0.231 e. The molecule has 2 aliphatic heterocycles. The Hall–Kier alpha value is -1.26. The van der Waals surface area contributed by atoms with Gasteiger partial charge in [0.2, 0.25) is 6.79 Å². The van der Waals surface area contributed by atoms with Crippen LogP contribution in [0.4, 0.5) is 0 Å². The Bertz CT molecular complexity index is 458. The van der Waals surface area contributed by atoms with Gasteiger partial charge in [-0.1, -0.05) is 26.3 Å². The number of rotatable bonds is 4. The van der Waals surface area contributed by atoms with Crippen molar-refractivity contribution >= 4 is 0 Å². The molecule has 1 unspecified atom stereocenters. The molecule has 1 N–H and O–H groups in total. The van der Waals surface area contributed by atoms with Gasteiger partial charge in [-0.25, -0.2) is 0 Å². The topological polar surface area (TPSA) is 33.7 Å². The van der Waals surface area contributed by atoms with Crippen molar-refractivity contribution in [2.24, 2.45) is 5.92 Å². The van der Waals surface area contributed by atoms with Crippen LogP contribution in [0.2, 0.25) is 0 Å². The van der Waals surface area contributed by atoms with E-state index in [1.807, 2.05) is 0 Å². The molecule has 4 nitrogen and oxygen atoms in total. The van der Waals surface area contributed by atoms with Crippen molar-refractivity contribution in [1.82, 2.24) is 10.2 Å². The van der Waals surface area contributed by atoms with Gasteiger partial charge in [0.25, 0.3) is 0 Å². The third-order valence-corrected chi connectivity index (χ3v) is 4.47. The standard InChI is InChI=1S/C16H24N2O2/c1-3-12(2)16(18-8-6-17-7-9-18)13-4-5-14-15(10-13)20-11-19-14/h4-5,10,12,16-17H,3,6-9,11H2,1-2H3/t12?,16-/m0/s1. The first-order chi connectivity index (χ1) is 9.79. The van der Waals surface area contributed by atoms with Gasteiger partial charge in [-0.2, -0.15) is 0 Å². The Balaban J connectivity index is 1.88. The van der Waals surface area contributed by atoms with Crippen LogP contribution in [0.25, 0.3) is 0 Å². The normalized spacial score (nSPS) is 21.7. The lowest BCUT2D eigenvalue weighted by atomic mass is 9.90. The summed E-state index contributed by atoms with van der Waals surface area (Å²) in [4.78, 5) is 2.60. The molecule has 0 spiro atoms. The molecular formula is C16H24N2O2. The fourth-order valence-electron chi connectivity index (χ4n) is 3.18. The van der Waals surface area contributed by atoms with Crippen LogP contribution in [-0.4, -0.2) is 37.9 Å². The van der Waals surface area contributed by atoms with Crippen molar-refractivity contribution in [2.75, 3.05) is 33.0 Å². The lowest BCUT2D eigenvalue weighted by Crippen LogP contribution is -2.46. The van der Waals surface area contributed by atoms with Crippen LogP contribution in [0.5, 0.6) is 11.5 Å². The molecule has 110 valence electrons. The Morgan fingerprint density at radius 3 is 2.70 bits per heavy atom. The predicted octanol–water partition coefficient (Wildman–Crippen LogP) is 2.41. The highest BCUT2D eigenvalue weighted by molar-refractivity contribution is 5.45. The summed E-state index contributed by atoms with van der Waals surface area (Å²) in [5.74, 6) is 2.40. The van der Waals surface area contributed by atoms with E-state index in [0.717, 1.165) is 37.7 Å². The maximum absolute atomic E-state index is 5.54. The summed E-state index contributed by atoms with van der Waals surface area (Å²) in [5, 5.41) is 3.43. The fraction of sp³-hybridized carbons (Fsp3) is 0.625. The van der Waals surface area contributed by atoms with Gasteiger partial charge in [0.15, 0.2) is 11.5 Å². The number of nitrogens with zero attached hydrogens (tertiary/aromatic N) is 1. The van der Waals surface area contributed by atoms with E-state index in [2.05, 4.69) is 42.3 Å². The van der Waals surface area contributed by atoms with Crippen molar-refractivity contribution in [3.05, 3.63) is 23.8 Å². The molecule has 2 heterocycles. The third kappa shape index (κ3) is 2.63. The molecule has 0 amide bonds. The summed E-state index contributed by atoms with van der Waals surface area (Å²) < 4.78 is 11.0. The predicted molar refractivity (Wildman–Crippen MR) is 79.2 cm³/mol. The Kier molecular flexibility index (Phi) is 4.13. The molecule has 1 aromatic carbocycles. The van der Waals surface area contributed by atoms with Crippen molar-refractivity contribution in [3.63, 3.8) is 0 Å². The van der Waals surface area contributed by atoms with Gasteiger partial charge in [0, 0.05) is 32.2 Å². The Labute approximate surface area is 121 Å². The number of hydrogen-bond acceptors (Lipinski definition) is 4. The number of fused-ring (bicyclic) bond motifs is 1. The zero-order valence-electron chi connectivity index (χ0n) is 12.4. The van der Waals surface area contributed by atoms with E-state index in [0.29, 0.717) is 18.8 Å². The van der Waals surface area contributed by atoms with Gasteiger partial charge in [-0.05, 0) is 23.6 Å². The highest BCUT2D eigenvalue weighted by Gasteiger charge is 2.27. The van der Waals surface area contributed by atoms with Crippen molar-refractivity contribution in [1.29, 1.82) is 0 Å². The Morgan fingerprint density at radius 2 is 1.95 bits per heavy atom. The SMILES string of the molecule is CCC(C)[C@@H](c1ccc2c(c1)OCO2)N1CCNCC1. The van der Waals surface area contributed by atoms with Crippen molar-refractivity contribution in [2.45, 2.75) is 26.3 Å². The minimum absolute atomic E-state index is 0.348. The third-order valence-electron chi connectivity index (χ3n) is 4.47. The van der Waals surface area contributed by atoms with Gasteiger partial charge in [0.1, 0.15) is 0 Å². The molecule has 0 saturated carbocycles. The average Bonchev–Trinajstić information content (AvgIpc) is 2.96. The van der Waals surface area contributed by atoms with Crippen LogP contribution in [-0.2, 0) is 0 Å². The second-order valence-corrected chi connectivity index (χ2v) is 5.73. The minimum Gasteiger partial charge on any atom is -0.454 e. The summed E-state index contributed by atoms with van der Waals surface area (Å²) in [6, 6.07) is 6.89. The maximum atomic E-state index is 5.54. The van der Waals surface area contributed by atoms with E-state index in [1.165, 1.54) is 12.0 Å². The zero-order valence-corrected chi connectivity index (χ0v) is 12.4.